The lowest BCUT2D eigenvalue weighted by atomic mass is 10.1. The number of hydrogen-bond acceptors (Lipinski definition) is 2. The van der Waals surface area contributed by atoms with Crippen LogP contribution in [0.15, 0.2) is 36.4 Å². The Morgan fingerprint density at radius 1 is 1.00 bits per heavy atom. The number of imidazole rings is 1. The van der Waals surface area contributed by atoms with E-state index in [9.17, 15) is 4.39 Å². The molecule has 4 heteroatoms. The summed E-state index contributed by atoms with van der Waals surface area (Å²) in [6.45, 7) is 6.33. The molecule has 22 heavy (non-hydrogen) atoms. The first-order valence-electron chi connectivity index (χ1n) is 7.19. The maximum Gasteiger partial charge on any atom is 0.195 e. The van der Waals surface area contributed by atoms with E-state index < -0.39 is 0 Å². The third-order valence-corrected chi connectivity index (χ3v) is 5.22. The van der Waals surface area contributed by atoms with Gasteiger partial charge in [0.15, 0.2) is 4.96 Å². The van der Waals surface area contributed by atoms with Crippen molar-refractivity contribution in [2.75, 3.05) is 0 Å². The molecule has 2 nitrogen and oxygen atoms in total. The van der Waals surface area contributed by atoms with Crippen LogP contribution in [0.2, 0.25) is 0 Å². The van der Waals surface area contributed by atoms with Crippen LogP contribution in [0, 0.1) is 26.6 Å². The first-order chi connectivity index (χ1) is 10.5. The van der Waals surface area contributed by atoms with E-state index in [1.807, 2.05) is 0 Å². The number of aromatic nitrogens is 2. The summed E-state index contributed by atoms with van der Waals surface area (Å²) in [6.07, 6.45) is 0. The molecule has 2 aromatic heterocycles. The minimum atomic E-state index is -0.223. The number of rotatable bonds is 1. The van der Waals surface area contributed by atoms with Crippen LogP contribution < -0.4 is 0 Å². The SMILES string of the molecule is Cc1cc2sc3nc(-c4ccc(F)cc4)c(C)n3c2cc1C. The monoisotopic (exact) mass is 310 g/mol. The predicted octanol–water partition coefficient (Wildman–Crippen LogP) is 5.28. The number of fused-ring (bicyclic) bond motifs is 3. The topological polar surface area (TPSA) is 17.3 Å². The van der Waals surface area contributed by atoms with Gasteiger partial charge < -0.3 is 0 Å². The summed E-state index contributed by atoms with van der Waals surface area (Å²) < 4.78 is 16.6. The zero-order valence-electron chi connectivity index (χ0n) is 12.6. The standard InChI is InChI=1S/C18H15FN2S/c1-10-8-15-16(9-11(10)2)22-18-20-17(12(3)21(15)18)13-4-6-14(19)7-5-13/h4-9H,1-3H3. The van der Waals surface area contributed by atoms with Crippen molar-refractivity contribution in [3.05, 3.63) is 59.0 Å². The first-order valence-corrected chi connectivity index (χ1v) is 8.01. The molecule has 0 spiro atoms. The zero-order chi connectivity index (χ0) is 15.4. The lowest BCUT2D eigenvalue weighted by molar-refractivity contribution is 0.628. The van der Waals surface area contributed by atoms with E-state index in [1.54, 1.807) is 23.5 Å². The molecule has 2 aromatic carbocycles. The number of hydrogen-bond donors (Lipinski definition) is 0. The average Bonchev–Trinajstić information content (AvgIpc) is 2.98. The van der Waals surface area contributed by atoms with E-state index in [-0.39, 0.29) is 5.82 Å². The van der Waals surface area contributed by atoms with E-state index in [4.69, 9.17) is 4.98 Å². The molecule has 0 unspecified atom stereocenters. The van der Waals surface area contributed by atoms with Crippen molar-refractivity contribution in [1.29, 1.82) is 0 Å². The highest BCUT2D eigenvalue weighted by Gasteiger charge is 2.15. The highest BCUT2D eigenvalue weighted by atomic mass is 32.1. The zero-order valence-corrected chi connectivity index (χ0v) is 13.5. The Kier molecular flexibility index (Phi) is 2.84. The Labute approximate surface area is 131 Å². The Hall–Kier alpha value is -2.20. The smallest absolute Gasteiger partial charge is 0.195 e. The first kappa shape index (κ1) is 13.5. The van der Waals surface area contributed by atoms with Crippen LogP contribution in [0.1, 0.15) is 16.8 Å². The van der Waals surface area contributed by atoms with Gasteiger partial charge in [-0.25, -0.2) is 9.37 Å². The van der Waals surface area contributed by atoms with Gasteiger partial charge in [0, 0.05) is 11.3 Å². The molecule has 0 radical (unpaired) electrons. The normalized spacial score (nSPS) is 11.6. The fraction of sp³-hybridized carbons (Fsp3) is 0.167. The molecule has 0 fully saturated rings. The molecule has 110 valence electrons. The van der Waals surface area contributed by atoms with Gasteiger partial charge in [0.1, 0.15) is 5.82 Å². The maximum absolute atomic E-state index is 13.1. The van der Waals surface area contributed by atoms with E-state index in [0.29, 0.717) is 0 Å². The molecule has 0 bridgehead atoms. The van der Waals surface area contributed by atoms with Gasteiger partial charge in [0.05, 0.1) is 15.9 Å². The predicted molar refractivity (Wildman–Crippen MR) is 90.2 cm³/mol. The van der Waals surface area contributed by atoms with Crippen LogP contribution >= 0.6 is 11.3 Å². The van der Waals surface area contributed by atoms with Crippen LogP contribution in [0.25, 0.3) is 26.4 Å². The second-order valence-electron chi connectivity index (χ2n) is 5.68. The number of halogens is 1. The summed E-state index contributed by atoms with van der Waals surface area (Å²) in [7, 11) is 0. The Morgan fingerprint density at radius 2 is 1.68 bits per heavy atom. The summed E-state index contributed by atoms with van der Waals surface area (Å²) in [4.78, 5) is 5.75. The quantitative estimate of drug-likeness (QED) is 0.467. The highest BCUT2D eigenvalue weighted by Crippen LogP contribution is 2.33. The molecular weight excluding hydrogens is 295 g/mol. The van der Waals surface area contributed by atoms with Gasteiger partial charge in [0.2, 0.25) is 0 Å². The Balaban J connectivity index is 2.01. The molecule has 0 amide bonds. The summed E-state index contributed by atoms with van der Waals surface area (Å²) in [5.41, 5.74) is 6.74. The fourth-order valence-electron chi connectivity index (χ4n) is 2.84. The van der Waals surface area contributed by atoms with Gasteiger partial charge in [-0.3, -0.25) is 4.40 Å². The van der Waals surface area contributed by atoms with Crippen LogP contribution in [0.5, 0.6) is 0 Å². The molecule has 4 rings (SSSR count). The number of benzene rings is 2. The van der Waals surface area contributed by atoms with Gasteiger partial charge in [-0.1, -0.05) is 11.3 Å². The Morgan fingerprint density at radius 3 is 2.41 bits per heavy atom. The summed E-state index contributed by atoms with van der Waals surface area (Å²) in [6, 6.07) is 11.0. The van der Waals surface area contributed by atoms with Gasteiger partial charge in [-0.15, -0.1) is 0 Å². The van der Waals surface area contributed by atoms with Crippen LogP contribution in [0.3, 0.4) is 0 Å². The van der Waals surface area contributed by atoms with Crippen molar-refractivity contribution < 1.29 is 4.39 Å². The van der Waals surface area contributed by atoms with E-state index in [2.05, 4.69) is 37.3 Å². The van der Waals surface area contributed by atoms with Crippen LogP contribution in [0.4, 0.5) is 4.39 Å². The molecule has 4 aromatic rings. The summed E-state index contributed by atoms with van der Waals surface area (Å²) >= 11 is 1.70. The van der Waals surface area contributed by atoms with E-state index in [1.165, 1.54) is 33.5 Å². The van der Waals surface area contributed by atoms with E-state index >= 15 is 0 Å². The maximum atomic E-state index is 13.1. The molecule has 0 aliphatic rings. The molecule has 0 saturated carbocycles. The van der Waals surface area contributed by atoms with Crippen molar-refractivity contribution in [3.8, 4) is 11.3 Å². The summed E-state index contributed by atoms with van der Waals surface area (Å²) in [5.74, 6) is -0.223. The van der Waals surface area contributed by atoms with Gasteiger partial charge in [0.25, 0.3) is 0 Å². The molecule has 0 aliphatic heterocycles. The molecule has 0 aliphatic carbocycles. The van der Waals surface area contributed by atoms with Crippen molar-refractivity contribution in [3.63, 3.8) is 0 Å². The largest absolute Gasteiger partial charge is 0.287 e. The molecule has 0 N–H and O–H groups in total. The third kappa shape index (κ3) is 1.87. The van der Waals surface area contributed by atoms with Crippen molar-refractivity contribution in [2.24, 2.45) is 0 Å². The minimum absolute atomic E-state index is 0.223. The Bertz CT molecular complexity index is 1010. The number of thiazole rings is 1. The van der Waals surface area contributed by atoms with Crippen molar-refractivity contribution >= 4 is 26.5 Å². The molecule has 0 atom stereocenters. The lowest BCUT2D eigenvalue weighted by Crippen LogP contribution is -1.88. The lowest BCUT2D eigenvalue weighted by Gasteiger charge is -2.02. The van der Waals surface area contributed by atoms with Crippen molar-refractivity contribution in [1.82, 2.24) is 9.38 Å². The fourth-order valence-corrected chi connectivity index (χ4v) is 3.99. The van der Waals surface area contributed by atoms with Crippen molar-refractivity contribution in [2.45, 2.75) is 20.8 Å². The van der Waals surface area contributed by atoms with Gasteiger partial charge in [-0.05, 0) is 68.3 Å². The summed E-state index contributed by atoms with van der Waals surface area (Å²) in [5, 5.41) is 0. The number of nitrogens with zero attached hydrogens (tertiary/aromatic N) is 2. The second kappa shape index (κ2) is 4.65. The van der Waals surface area contributed by atoms with Gasteiger partial charge >= 0.3 is 0 Å². The minimum Gasteiger partial charge on any atom is -0.287 e. The molecular formula is C18H15FN2S. The third-order valence-electron chi connectivity index (χ3n) is 4.21. The van der Waals surface area contributed by atoms with Crippen LogP contribution in [-0.4, -0.2) is 9.38 Å². The highest BCUT2D eigenvalue weighted by molar-refractivity contribution is 7.23. The number of aryl methyl sites for hydroxylation is 3. The second-order valence-corrected chi connectivity index (χ2v) is 6.69. The van der Waals surface area contributed by atoms with E-state index in [0.717, 1.165) is 21.9 Å². The van der Waals surface area contributed by atoms with Gasteiger partial charge in [-0.2, -0.15) is 0 Å². The molecule has 0 saturated heterocycles. The van der Waals surface area contributed by atoms with Crippen LogP contribution in [-0.2, 0) is 0 Å². The molecule has 2 heterocycles. The average molecular weight is 310 g/mol.